The van der Waals surface area contributed by atoms with Crippen molar-refractivity contribution in [3.05, 3.63) is 23.9 Å². The number of unbranched alkanes of at least 4 members (excludes halogenated alkanes) is 1. The summed E-state index contributed by atoms with van der Waals surface area (Å²) in [5.41, 5.74) is 0.464. The van der Waals surface area contributed by atoms with Gasteiger partial charge in [-0.05, 0) is 29.3 Å². The Labute approximate surface area is 170 Å². The zero-order valence-corrected chi connectivity index (χ0v) is 17.0. The number of aromatic nitrogens is 1. The van der Waals surface area contributed by atoms with Crippen molar-refractivity contribution in [2.45, 2.75) is 56.0 Å². The van der Waals surface area contributed by atoms with Crippen molar-refractivity contribution in [3.63, 3.8) is 0 Å². The van der Waals surface area contributed by atoms with Gasteiger partial charge in [0.05, 0.1) is 11.6 Å². The molecule has 1 aromatic heterocycles. The first kappa shape index (κ1) is 22.2. The van der Waals surface area contributed by atoms with Crippen molar-refractivity contribution >= 4 is 45.3 Å². The lowest BCUT2D eigenvalue weighted by atomic mass is 9.98. The van der Waals surface area contributed by atoms with Crippen LogP contribution < -0.4 is 0 Å². The van der Waals surface area contributed by atoms with Crippen molar-refractivity contribution < 1.29 is 29.4 Å². The smallest absolute Gasteiger partial charge is 0.327 e. The summed E-state index contributed by atoms with van der Waals surface area (Å²) < 4.78 is 0. The fourth-order valence-corrected chi connectivity index (χ4v) is 4.95. The number of nitrogens with zero attached hydrogens (tertiary/aromatic N) is 2. The third-order valence-corrected chi connectivity index (χ3v) is 6.55. The number of imide groups is 1. The molecule has 2 N–H and O–H groups in total. The summed E-state index contributed by atoms with van der Waals surface area (Å²) in [6.45, 7) is 1.99. The molecule has 0 radical (unpaired) electrons. The fourth-order valence-electron chi connectivity index (χ4n) is 2.83. The second kappa shape index (κ2) is 10.5. The summed E-state index contributed by atoms with van der Waals surface area (Å²) in [5, 5.41) is 19.4. The first-order chi connectivity index (χ1) is 13.3. The molecule has 1 aliphatic rings. The summed E-state index contributed by atoms with van der Waals surface area (Å²) in [7, 11) is 2.35. The molecule has 2 heterocycles. The normalized spacial score (nSPS) is 16.2. The largest absolute Gasteiger partial charge is 0.481 e. The second-order valence-electron chi connectivity index (χ2n) is 6.31. The molecule has 0 bridgehead atoms. The molecule has 1 aromatic rings. The molecule has 8 nitrogen and oxygen atoms in total. The molecule has 10 heteroatoms. The minimum atomic E-state index is -1.23. The monoisotopic (exact) mass is 426 g/mol. The Kier molecular flexibility index (Phi) is 8.31. The van der Waals surface area contributed by atoms with Gasteiger partial charge in [-0.15, -0.1) is 0 Å². The van der Waals surface area contributed by atoms with Crippen molar-refractivity contribution in [2.24, 2.45) is 0 Å². The van der Waals surface area contributed by atoms with E-state index in [-0.39, 0.29) is 18.6 Å². The number of hydrogen-bond donors (Lipinski definition) is 2. The van der Waals surface area contributed by atoms with E-state index in [0.717, 1.165) is 28.5 Å². The molecule has 1 fully saturated rings. The predicted octanol–water partition coefficient (Wildman–Crippen LogP) is 2.78. The minimum Gasteiger partial charge on any atom is -0.481 e. The third kappa shape index (κ3) is 5.71. The summed E-state index contributed by atoms with van der Waals surface area (Å²) >= 11 is 0. The number of rotatable bonds is 11. The summed E-state index contributed by atoms with van der Waals surface area (Å²) in [4.78, 5) is 51.8. The second-order valence-corrected chi connectivity index (χ2v) is 8.67. The van der Waals surface area contributed by atoms with E-state index in [9.17, 15) is 29.4 Å². The summed E-state index contributed by atoms with van der Waals surface area (Å²) in [6, 6.07) is 3.88. The van der Waals surface area contributed by atoms with E-state index in [0.29, 0.717) is 17.1 Å². The number of hydrogen-bond acceptors (Lipinski definition) is 7. The zero-order valence-electron chi connectivity index (χ0n) is 15.4. The van der Waals surface area contributed by atoms with Gasteiger partial charge in [0.15, 0.2) is 0 Å². The number of likely N-dealkylation sites (tertiary alicyclic amines) is 1. The molecule has 0 spiro atoms. The SMILES string of the molecule is CCCCC(C(=O)O)c1cccc(SSCC(C(=O)O)N2C(=O)CCC2=O)n1. The van der Waals surface area contributed by atoms with Crippen LogP contribution in [0.5, 0.6) is 0 Å². The minimum absolute atomic E-state index is 0.0155. The van der Waals surface area contributed by atoms with Crippen LogP contribution in [0.2, 0.25) is 0 Å². The quantitative estimate of drug-likeness (QED) is 0.406. The van der Waals surface area contributed by atoms with E-state index in [1.54, 1.807) is 18.2 Å². The molecule has 0 saturated carbocycles. The molecule has 152 valence electrons. The van der Waals surface area contributed by atoms with Gasteiger partial charge in [-0.1, -0.05) is 36.6 Å². The van der Waals surface area contributed by atoms with Gasteiger partial charge in [-0.3, -0.25) is 19.3 Å². The first-order valence-corrected chi connectivity index (χ1v) is 11.2. The standard InChI is InChI=1S/C18H22N2O6S2/c1-2-3-5-11(17(23)24)12-6-4-7-14(19-12)28-27-10-13(18(25)26)20-15(21)8-9-16(20)22/h4,6-7,11,13H,2-3,5,8-10H2,1H3,(H,23,24)(H,25,26). The highest BCUT2D eigenvalue weighted by Crippen LogP contribution is 2.33. The maximum absolute atomic E-state index is 11.8. The summed E-state index contributed by atoms with van der Waals surface area (Å²) in [5.74, 6) is -3.76. The fraction of sp³-hybridized carbons (Fsp3) is 0.500. The van der Waals surface area contributed by atoms with Crippen LogP contribution in [0, 0.1) is 0 Å². The van der Waals surface area contributed by atoms with Crippen molar-refractivity contribution in [1.29, 1.82) is 0 Å². The molecule has 2 rings (SSSR count). The number of carbonyl (C=O) groups is 4. The van der Waals surface area contributed by atoms with Gasteiger partial charge in [-0.25, -0.2) is 9.78 Å². The zero-order chi connectivity index (χ0) is 20.7. The van der Waals surface area contributed by atoms with Gasteiger partial charge in [0, 0.05) is 18.6 Å². The number of carboxylic acids is 2. The number of pyridine rings is 1. The van der Waals surface area contributed by atoms with Crippen molar-refractivity contribution in [2.75, 3.05) is 5.75 Å². The van der Waals surface area contributed by atoms with Crippen LogP contribution in [0.3, 0.4) is 0 Å². The van der Waals surface area contributed by atoms with E-state index in [1.165, 1.54) is 10.8 Å². The molecule has 1 aliphatic heterocycles. The lowest BCUT2D eigenvalue weighted by molar-refractivity contribution is -0.153. The van der Waals surface area contributed by atoms with Gasteiger partial charge >= 0.3 is 11.9 Å². The van der Waals surface area contributed by atoms with Gasteiger partial charge in [0.1, 0.15) is 11.1 Å². The molecule has 0 aliphatic carbocycles. The lowest BCUT2D eigenvalue weighted by Crippen LogP contribution is -2.45. The van der Waals surface area contributed by atoms with Gasteiger partial charge in [-0.2, -0.15) is 0 Å². The Morgan fingerprint density at radius 2 is 1.86 bits per heavy atom. The number of carbonyl (C=O) groups excluding carboxylic acids is 2. The lowest BCUT2D eigenvalue weighted by Gasteiger charge is -2.21. The van der Waals surface area contributed by atoms with Crippen LogP contribution in [0.1, 0.15) is 50.6 Å². The topological polar surface area (TPSA) is 125 Å². The van der Waals surface area contributed by atoms with E-state index in [2.05, 4.69) is 4.98 Å². The van der Waals surface area contributed by atoms with E-state index in [1.807, 2.05) is 6.92 Å². The van der Waals surface area contributed by atoms with Gasteiger partial charge in [0.25, 0.3) is 0 Å². The van der Waals surface area contributed by atoms with Crippen LogP contribution in [-0.2, 0) is 19.2 Å². The molecular weight excluding hydrogens is 404 g/mol. The van der Waals surface area contributed by atoms with Crippen LogP contribution in [0.4, 0.5) is 0 Å². The maximum Gasteiger partial charge on any atom is 0.327 e. The molecule has 0 aromatic carbocycles. The van der Waals surface area contributed by atoms with Gasteiger partial charge in [0.2, 0.25) is 11.8 Å². The van der Waals surface area contributed by atoms with Crippen molar-refractivity contribution in [3.8, 4) is 0 Å². The Balaban J connectivity index is 2.01. The van der Waals surface area contributed by atoms with E-state index in [4.69, 9.17) is 0 Å². The average Bonchev–Trinajstić information content (AvgIpc) is 2.97. The number of carboxylic acid groups (broad SMARTS) is 2. The van der Waals surface area contributed by atoms with Crippen LogP contribution in [0.25, 0.3) is 0 Å². The average molecular weight is 427 g/mol. The van der Waals surface area contributed by atoms with Crippen molar-refractivity contribution in [1.82, 2.24) is 9.88 Å². The van der Waals surface area contributed by atoms with Gasteiger partial charge < -0.3 is 10.2 Å². The first-order valence-electron chi connectivity index (χ1n) is 8.92. The van der Waals surface area contributed by atoms with E-state index < -0.39 is 35.7 Å². The molecule has 1 saturated heterocycles. The maximum atomic E-state index is 11.8. The van der Waals surface area contributed by atoms with Crippen LogP contribution >= 0.6 is 21.6 Å². The molecule has 2 amide bonds. The predicted molar refractivity (Wildman–Crippen MR) is 105 cm³/mol. The number of aliphatic carboxylic acids is 2. The Bertz CT molecular complexity index is 741. The van der Waals surface area contributed by atoms with Crippen LogP contribution in [0.15, 0.2) is 23.2 Å². The molecule has 2 unspecified atom stereocenters. The molecular formula is C18H22N2O6S2. The Morgan fingerprint density at radius 3 is 2.43 bits per heavy atom. The highest BCUT2D eigenvalue weighted by Gasteiger charge is 2.38. The molecule has 2 atom stereocenters. The third-order valence-electron chi connectivity index (χ3n) is 4.30. The Morgan fingerprint density at radius 1 is 1.18 bits per heavy atom. The highest BCUT2D eigenvalue weighted by molar-refractivity contribution is 8.76. The van der Waals surface area contributed by atoms with Crippen LogP contribution in [-0.4, -0.2) is 55.6 Å². The molecule has 28 heavy (non-hydrogen) atoms. The van der Waals surface area contributed by atoms with E-state index >= 15 is 0 Å². The summed E-state index contributed by atoms with van der Waals surface area (Å²) in [6.07, 6.45) is 2.25. The number of amides is 2. The highest BCUT2D eigenvalue weighted by atomic mass is 33.1. The Hall–Kier alpha value is -2.07.